The summed E-state index contributed by atoms with van der Waals surface area (Å²) in [4.78, 5) is 12.2. The Morgan fingerprint density at radius 3 is 2.20 bits per heavy atom. The van der Waals surface area contributed by atoms with Gasteiger partial charge >= 0.3 is 0 Å². The minimum absolute atomic E-state index is 0.0600. The fourth-order valence-electron chi connectivity index (χ4n) is 2.68. The van der Waals surface area contributed by atoms with Crippen LogP contribution in [0.4, 0.5) is 11.4 Å². The van der Waals surface area contributed by atoms with Gasteiger partial charge in [-0.25, -0.2) is 0 Å². The molecule has 0 aliphatic rings. The van der Waals surface area contributed by atoms with Crippen LogP contribution in [-0.4, -0.2) is 19.1 Å². The molecule has 134 valence electrons. The highest BCUT2D eigenvalue weighted by molar-refractivity contribution is 5.95. The first-order chi connectivity index (χ1) is 11.8. The average molecular weight is 340 g/mol. The van der Waals surface area contributed by atoms with Gasteiger partial charge in [0.05, 0.1) is 13.2 Å². The molecule has 0 fully saturated rings. The monoisotopic (exact) mass is 340 g/mol. The van der Waals surface area contributed by atoms with Crippen LogP contribution in [0.5, 0.6) is 5.75 Å². The molecule has 0 bridgehead atoms. The van der Waals surface area contributed by atoms with E-state index >= 15 is 0 Å². The van der Waals surface area contributed by atoms with Crippen molar-refractivity contribution < 1.29 is 9.53 Å². The molecule has 4 nitrogen and oxygen atoms in total. The van der Waals surface area contributed by atoms with E-state index in [1.807, 2.05) is 38.1 Å². The van der Waals surface area contributed by atoms with Gasteiger partial charge in [0.15, 0.2) is 0 Å². The molecular weight excluding hydrogens is 312 g/mol. The second kappa shape index (κ2) is 8.56. The van der Waals surface area contributed by atoms with Crippen LogP contribution in [0.1, 0.15) is 30.5 Å². The summed E-state index contributed by atoms with van der Waals surface area (Å²) >= 11 is 0. The molecule has 0 saturated heterocycles. The van der Waals surface area contributed by atoms with Crippen LogP contribution in [0.15, 0.2) is 36.4 Å². The van der Waals surface area contributed by atoms with Gasteiger partial charge in [-0.2, -0.15) is 0 Å². The van der Waals surface area contributed by atoms with Crippen LogP contribution >= 0.6 is 0 Å². The summed E-state index contributed by atoms with van der Waals surface area (Å²) in [6.45, 7) is 11.2. The van der Waals surface area contributed by atoms with E-state index in [0.29, 0.717) is 12.5 Å². The molecule has 1 amide bonds. The van der Waals surface area contributed by atoms with Gasteiger partial charge in [0.25, 0.3) is 0 Å². The minimum Gasteiger partial charge on any atom is -0.493 e. The van der Waals surface area contributed by atoms with Crippen LogP contribution in [0.25, 0.3) is 0 Å². The third kappa shape index (κ3) is 5.82. The topological polar surface area (TPSA) is 50.4 Å². The standard InChI is InChI=1S/C21H28N2O2/c1-14(2)13-25-19-8-6-18(7-9-19)22-12-20(24)23-21-16(4)10-15(3)11-17(21)5/h6-11,14,22H,12-13H2,1-5H3,(H,23,24). The van der Waals surface area contributed by atoms with Crippen LogP contribution < -0.4 is 15.4 Å². The summed E-state index contributed by atoms with van der Waals surface area (Å²) in [6, 6.07) is 11.8. The number of carbonyl (C=O) groups is 1. The number of amides is 1. The Morgan fingerprint density at radius 2 is 1.64 bits per heavy atom. The Balaban J connectivity index is 1.88. The lowest BCUT2D eigenvalue weighted by Gasteiger charge is -2.14. The van der Waals surface area contributed by atoms with Gasteiger partial charge in [-0.05, 0) is 62.1 Å². The summed E-state index contributed by atoms with van der Waals surface area (Å²) < 4.78 is 5.66. The lowest BCUT2D eigenvalue weighted by Crippen LogP contribution is -2.22. The van der Waals surface area contributed by atoms with E-state index in [1.165, 1.54) is 5.56 Å². The molecule has 2 N–H and O–H groups in total. The largest absolute Gasteiger partial charge is 0.493 e. The number of anilines is 2. The Morgan fingerprint density at radius 1 is 1.04 bits per heavy atom. The Hall–Kier alpha value is -2.49. The molecule has 0 radical (unpaired) electrons. The van der Waals surface area contributed by atoms with Gasteiger partial charge in [-0.1, -0.05) is 31.5 Å². The maximum atomic E-state index is 12.2. The highest BCUT2D eigenvalue weighted by Crippen LogP contribution is 2.22. The molecule has 4 heteroatoms. The van der Waals surface area contributed by atoms with Crippen molar-refractivity contribution in [2.75, 3.05) is 23.8 Å². The minimum atomic E-state index is -0.0600. The van der Waals surface area contributed by atoms with E-state index in [0.717, 1.165) is 28.3 Å². The Kier molecular flexibility index (Phi) is 6.45. The van der Waals surface area contributed by atoms with Crippen molar-refractivity contribution in [2.45, 2.75) is 34.6 Å². The van der Waals surface area contributed by atoms with Crippen molar-refractivity contribution in [1.29, 1.82) is 0 Å². The molecule has 0 heterocycles. The van der Waals surface area contributed by atoms with Crippen LogP contribution in [0.3, 0.4) is 0 Å². The summed E-state index contributed by atoms with van der Waals surface area (Å²) in [5.74, 6) is 1.28. The van der Waals surface area contributed by atoms with Crippen LogP contribution in [0, 0.1) is 26.7 Å². The predicted molar refractivity (Wildman–Crippen MR) is 105 cm³/mol. The number of hydrogen-bond acceptors (Lipinski definition) is 3. The lowest BCUT2D eigenvalue weighted by atomic mass is 10.1. The molecule has 0 atom stereocenters. The van der Waals surface area contributed by atoms with Crippen molar-refractivity contribution in [3.05, 3.63) is 53.1 Å². The zero-order valence-electron chi connectivity index (χ0n) is 15.8. The predicted octanol–water partition coefficient (Wildman–Crippen LogP) is 4.70. The second-order valence-electron chi connectivity index (χ2n) is 6.90. The molecule has 0 unspecified atom stereocenters. The van der Waals surface area contributed by atoms with E-state index in [2.05, 4.69) is 43.5 Å². The molecule has 2 aromatic rings. The normalized spacial score (nSPS) is 10.6. The molecule has 0 saturated carbocycles. The quantitative estimate of drug-likeness (QED) is 0.768. The molecule has 0 spiro atoms. The van der Waals surface area contributed by atoms with Gasteiger partial charge in [0.2, 0.25) is 5.91 Å². The van der Waals surface area contributed by atoms with Crippen LogP contribution in [0.2, 0.25) is 0 Å². The summed E-state index contributed by atoms with van der Waals surface area (Å²) in [6.07, 6.45) is 0. The van der Waals surface area contributed by atoms with Gasteiger partial charge in [0.1, 0.15) is 5.75 Å². The summed E-state index contributed by atoms with van der Waals surface area (Å²) in [5, 5.41) is 6.13. The van der Waals surface area contributed by atoms with Crippen molar-refractivity contribution in [3.63, 3.8) is 0 Å². The number of ether oxygens (including phenoxy) is 1. The van der Waals surface area contributed by atoms with E-state index in [1.54, 1.807) is 0 Å². The zero-order valence-corrected chi connectivity index (χ0v) is 15.8. The first kappa shape index (κ1) is 18.8. The highest BCUT2D eigenvalue weighted by atomic mass is 16.5. The van der Waals surface area contributed by atoms with Crippen LogP contribution in [-0.2, 0) is 4.79 Å². The fourth-order valence-corrected chi connectivity index (χ4v) is 2.68. The van der Waals surface area contributed by atoms with Gasteiger partial charge in [0, 0.05) is 11.4 Å². The highest BCUT2D eigenvalue weighted by Gasteiger charge is 2.08. The third-order valence-corrected chi connectivity index (χ3v) is 3.83. The molecule has 0 aliphatic carbocycles. The number of benzene rings is 2. The molecule has 0 aliphatic heterocycles. The fraction of sp³-hybridized carbons (Fsp3) is 0.381. The first-order valence-corrected chi connectivity index (χ1v) is 8.69. The van der Waals surface area contributed by atoms with E-state index in [4.69, 9.17) is 4.74 Å². The van der Waals surface area contributed by atoms with Crippen molar-refractivity contribution in [1.82, 2.24) is 0 Å². The summed E-state index contributed by atoms with van der Waals surface area (Å²) in [7, 11) is 0. The number of nitrogens with one attached hydrogen (secondary N) is 2. The maximum absolute atomic E-state index is 12.2. The second-order valence-corrected chi connectivity index (χ2v) is 6.90. The summed E-state index contributed by atoms with van der Waals surface area (Å²) in [5.41, 5.74) is 5.15. The van der Waals surface area contributed by atoms with Crippen molar-refractivity contribution >= 4 is 17.3 Å². The maximum Gasteiger partial charge on any atom is 0.243 e. The molecule has 25 heavy (non-hydrogen) atoms. The van der Waals surface area contributed by atoms with E-state index in [9.17, 15) is 4.79 Å². The van der Waals surface area contributed by atoms with Gasteiger partial charge < -0.3 is 15.4 Å². The molecule has 2 aromatic carbocycles. The SMILES string of the molecule is Cc1cc(C)c(NC(=O)CNc2ccc(OCC(C)C)cc2)c(C)c1. The van der Waals surface area contributed by atoms with Crippen molar-refractivity contribution in [3.8, 4) is 5.75 Å². The number of aryl methyl sites for hydroxylation is 3. The van der Waals surface area contributed by atoms with E-state index < -0.39 is 0 Å². The number of hydrogen-bond donors (Lipinski definition) is 2. The lowest BCUT2D eigenvalue weighted by molar-refractivity contribution is -0.114. The van der Waals surface area contributed by atoms with E-state index in [-0.39, 0.29) is 12.5 Å². The average Bonchev–Trinajstić information content (AvgIpc) is 2.55. The third-order valence-electron chi connectivity index (χ3n) is 3.83. The number of carbonyl (C=O) groups excluding carboxylic acids is 1. The van der Waals surface area contributed by atoms with Gasteiger partial charge in [-0.15, -0.1) is 0 Å². The first-order valence-electron chi connectivity index (χ1n) is 8.69. The molecule has 0 aromatic heterocycles. The molecular formula is C21H28N2O2. The number of rotatable bonds is 7. The smallest absolute Gasteiger partial charge is 0.243 e. The zero-order chi connectivity index (χ0) is 18.4. The Labute approximate surface area is 150 Å². The molecule has 2 rings (SSSR count). The Bertz CT molecular complexity index is 698. The van der Waals surface area contributed by atoms with Gasteiger partial charge in [-0.3, -0.25) is 4.79 Å². The van der Waals surface area contributed by atoms with Crippen molar-refractivity contribution in [2.24, 2.45) is 5.92 Å².